The van der Waals surface area contributed by atoms with Gasteiger partial charge in [0.05, 0.1) is 18.3 Å². The molecule has 0 aromatic heterocycles. The van der Waals surface area contributed by atoms with E-state index in [4.69, 9.17) is 9.47 Å². The van der Waals surface area contributed by atoms with Crippen LogP contribution >= 0.6 is 0 Å². The van der Waals surface area contributed by atoms with Crippen LogP contribution in [0.5, 0.6) is 0 Å². The van der Waals surface area contributed by atoms with Crippen molar-refractivity contribution in [1.82, 2.24) is 4.90 Å². The molecule has 0 unspecified atom stereocenters. The van der Waals surface area contributed by atoms with Crippen molar-refractivity contribution in [3.05, 3.63) is 35.9 Å². The minimum atomic E-state index is -0.431. The maximum atomic E-state index is 12.2. The Balaban J connectivity index is 1.43. The summed E-state index contributed by atoms with van der Waals surface area (Å²) in [6.07, 6.45) is 2.73. The average Bonchev–Trinajstić information content (AvgIpc) is 2.59. The predicted octanol–water partition coefficient (Wildman–Crippen LogP) is 1.74. The van der Waals surface area contributed by atoms with Crippen LogP contribution in [0.2, 0.25) is 0 Å². The lowest BCUT2D eigenvalue weighted by Gasteiger charge is -2.46. The Kier molecular flexibility index (Phi) is 5.30. The van der Waals surface area contributed by atoms with Gasteiger partial charge in [-0.05, 0) is 31.2 Å². The number of likely N-dealkylation sites (tertiary alicyclic amines) is 1. The quantitative estimate of drug-likeness (QED) is 0.918. The van der Waals surface area contributed by atoms with Crippen molar-refractivity contribution in [3.63, 3.8) is 0 Å². The van der Waals surface area contributed by atoms with Crippen LogP contribution in [-0.2, 0) is 20.9 Å². The van der Waals surface area contributed by atoms with Crippen molar-refractivity contribution < 1.29 is 19.4 Å². The molecule has 0 bridgehead atoms. The molecule has 2 fully saturated rings. The first-order valence-corrected chi connectivity index (χ1v) is 8.41. The van der Waals surface area contributed by atoms with Crippen molar-refractivity contribution in [2.24, 2.45) is 0 Å². The van der Waals surface area contributed by atoms with Crippen molar-refractivity contribution in [3.8, 4) is 0 Å². The third-order valence-corrected chi connectivity index (χ3v) is 4.92. The highest BCUT2D eigenvalue weighted by molar-refractivity contribution is 5.77. The van der Waals surface area contributed by atoms with E-state index in [1.165, 1.54) is 0 Å². The van der Waals surface area contributed by atoms with Crippen molar-refractivity contribution in [2.75, 3.05) is 26.3 Å². The van der Waals surface area contributed by atoms with Gasteiger partial charge in [0.2, 0.25) is 5.91 Å². The number of aliphatic hydroxyl groups excluding tert-OH is 1. The SMILES string of the molecule is O=C(COCc1ccccc1)N1CCC2(CC1)OCCC[C@H]2O. The van der Waals surface area contributed by atoms with Crippen molar-refractivity contribution in [1.29, 1.82) is 0 Å². The average molecular weight is 319 g/mol. The number of hydrogen-bond donors (Lipinski definition) is 1. The van der Waals surface area contributed by atoms with E-state index >= 15 is 0 Å². The Labute approximate surface area is 137 Å². The van der Waals surface area contributed by atoms with Gasteiger partial charge in [0.15, 0.2) is 0 Å². The summed E-state index contributed by atoms with van der Waals surface area (Å²) in [6, 6.07) is 9.84. The molecule has 2 aliphatic heterocycles. The zero-order valence-electron chi connectivity index (χ0n) is 13.4. The summed E-state index contributed by atoms with van der Waals surface area (Å²) in [4.78, 5) is 14.1. The summed E-state index contributed by atoms with van der Waals surface area (Å²) in [7, 11) is 0. The lowest BCUT2D eigenvalue weighted by Crippen LogP contribution is -2.56. The Morgan fingerprint density at radius 1 is 1.30 bits per heavy atom. The first-order valence-electron chi connectivity index (χ1n) is 8.41. The summed E-state index contributed by atoms with van der Waals surface area (Å²) >= 11 is 0. The minimum Gasteiger partial charge on any atom is -0.390 e. The highest BCUT2D eigenvalue weighted by atomic mass is 16.5. The number of carbonyl (C=O) groups is 1. The normalized spacial score (nSPS) is 23.9. The summed E-state index contributed by atoms with van der Waals surface area (Å²) < 4.78 is 11.4. The van der Waals surface area contributed by atoms with Crippen LogP contribution < -0.4 is 0 Å². The van der Waals surface area contributed by atoms with E-state index in [9.17, 15) is 9.90 Å². The van der Waals surface area contributed by atoms with E-state index in [1.807, 2.05) is 35.2 Å². The molecule has 1 aromatic carbocycles. The van der Waals surface area contributed by atoms with Gasteiger partial charge in [0, 0.05) is 19.7 Å². The van der Waals surface area contributed by atoms with Crippen LogP contribution in [0, 0.1) is 0 Å². The Bertz CT molecular complexity index is 511. The molecule has 0 saturated carbocycles. The molecule has 1 amide bonds. The summed E-state index contributed by atoms with van der Waals surface area (Å²) in [5.41, 5.74) is 0.636. The highest BCUT2D eigenvalue weighted by Crippen LogP contribution is 2.35. The van der Waals surface area contributed by atoms with E-state index in [1.54, 1.807) is 0 Å². The van der Waals surface area contributed by atoms with Crippen molar-refractivity contribution >= 4 is 5.91 Å². The summed E-state index contributed by atoms with van der Waals surface area (Å²) in [5, 5.41) is 10.2. The Hall–Kier alpha value is -1.43. The lowest BCUT2D eigenvalue weighted by molar-refractivity contribution is -0.180. The van der Waals surface area contributed by atoms with Crippen LogP contribution in [0.15, 0.2) is 30.3 Å². The zero-order chi connectivity index (χ0) is 16.1. The molecule has 126 valence electrons. The summed E-state index contributed by atoms with van der Waals surface area (Å²) in [5.74, 6) is 0.0149. The number of aliphatic hydroxyl groups is 1. The van der Waals surface area contributed by atoms with Gasteiger partial charge in [-0.1, -0.05) is 30.3 Å². The van der Waals surface area contributed by atoms with Crippen LogP contribution in [0.1, 0.15) is 31.2 Å². The number of amides is 1. The molecule has 2 heterocycles. The largest absolute Gasteiger partial charge is 0.390 e. The molecule has 5 heteroatoms. The fraction of sp³-hybridized carbons (Fsp3) is 0.611. The standard InChI is InChI=1S/C18H25NO4/c20-16-7-4-12-23-18(16)8-10-19(11-9-18)17(21)14-22-13-15-5-2-1-3-6-15/h1-3,5-6,16,20H,4,7-14H2/t16-/m1/s1. The molecule has 1 atom stereocenters. The summed E-state index contributed by atoms with van der Waals surface area (Å²) in [6.45, 7) is 2.53. The number of hydrogen-bond acceptors (Lipinski definition) is 4. The second-order valence-corrected chi connectivity index (χ2v) is 6.43. The third-order valence-electron chi connectivity index (χ3n) is 4.92. The van der Waals surface area contributed by atoms with Crippen LogP contribution in [-0.4, -0.2) is 53.9 Å². The fourth-order valence-electron chi connectivity index (χ4n) is 3.45. The van der Waals surface area contributed by atoms with E-state index in [0.29, 0.717) is 39.1 Å². The van der Waals surface area contributed by atoms with Gasteiger partial charge in [0.25, 0.3) is 0 Å². The monoisotopic (exact) mass is 319 g/mol. The van der Waals surface area contributed by atoms with Crippen molar-refractivity contribution in [2.45, 2.75) is 44.0 Å². The highest BCUT2D eigenvalue weighted by Gasteiger charge is 2.44. The van der Waals surface area contributed by atoms with Gasteiger partial charge in [-0.3, -0.25) is 4.79 Å². The molecule has 0 aliphatic carbocycles. The predicted molar refractivity (Wildman–Crippen MR) is 85.8 cm³/mol. The number of carbonyl (C=O) groups excluding carboxylic acids is 1. The smallest absolute Gasteiger partial charge is 0.248 e. The maximum Gasteiger partial charge on any atom is 0.248 e. The topological polar surface area (TPSA) is 59.0 Å². The molecular formula is C18H25NO4. The van der Waals surface area contributed by atoms with Gasteiger partial charge in [-0.25, -0.2) is 0 Å². The molecule has 1 N–H and O–H groups in total. The van der Waals surface area contributed by atoms with E-state index < -0.39 is 11.7 Å². The lowest BCUT2D eigenvalue weighted by atomic mass is 9.82. The third kappa shape index (κ3) is 3.91. The van der Waals surface area contributed by atoms with E-state index in [-0.39, 0.29) is 12.5 Å². The molecular weight excluding hydrogens is 294 g/mol. The Morgan fingerprint density at radius 3 is 2.74 bits per heavy atom. The molecule has 3 rings (SSSR count). The second-order valence-electron chi connectivity index (χ2n) is 6.43. The molecule has 1 aromatic rings. The molecule has 2 aliphatic rings. The molecule has 1 spiro atoms. The zero-order valence-corrected chi connectivity index (χ0v) is 13.4. The van der Waals surface area contributed by atoms with Gasteiger partial charge >= 0.3 is 0 Å². The molecule has 23 heavy (non-hydrogen) atoms. The maximum absolute atomic E-state index is 12.2. The van der Waals surface area contributed by atoms with Gasteiger partial charge in [-0.15, -0.1) is 0 Å². The van der Waals surface area contributed by atoms with E-state index in [0.717, 1.165) is 18.4 Å². The number of ether oxygens (including phenoxy) is 2. The minimum absolute atomic E-state index is 0.0149. The van der Waals surface area contributed by atoms with E-state index in [2.05, 4.69) is 0 Å². The molecule has 0 radical (unpaired) electrons. The van der Waals surface area contributed by atoms with Gasteiger partial charge in [-0.2, -0.15) is 0 Å². The number of nitrogens with zero attached hydrogens (tertiary/aromatic N) is 1. The van der Waals surface area contributed by atoms with Gasteiger partial charge in [0.1, 0.15) is 6.61 Å². The number of rotatable bonds is 4. The molecule has 2 saturated heterocycles. The van der Waals surface area contributed by atoms with Gasteiger partial charge < -0.3 is 19.5 Å². The molecule has 5 nitrogen and oxygen atoms in total. The van der Waals surface area contributed by atoms with Crippen LogP contribution in [0.4, 0.5) is 0 Å². The Morgan fingerprint density at radius 2 is 2.04 bits per heavy atom. The first-order chi connectivity index (χ1) is 11.2. The number of benzene rings is 1. The van der Waals surface area contributed by atoms with Crippen LogP contribution in [0.3, 0.4) is 0 Å². The second kappa shape index (κ2) is 7.43. The first kappa shape index (κ1) is 16.4. The van der Waals surface area contributed by atoms with Crippen LogP contribution in [0.25, 0.3) is 0 Å². The fourth-order valence-corrected chi connectivity index (χ4v) is 3.45. The number of piperidine rings is 1.